The maximum absolute atomic E-state index is 13.2. The molecule has 3 rings (SSSR count). The Balaban J connectivity index is 2.05. The number of benzene rings is 2. The Labute approximate surface area is 172 Å². The van der Waals surface area contributed by atoms with Gasteiger partial charge in [-0.2, -0.15) is 9.67 Å². The second kappa shape index (κ2) is 8.19. The zero-order chi connectivity index (χ0) is 21.2. The molecule has 0 aliphatic rings. The summed E-state index contributed by atoms with van der Waals surface area (Å²) in [5, 5.41) is 4.38. The van der Waals surface area contributed by atoms with Crippen molar-refractivity contribution in [1.82, 2.24) is 14.8 Å². The molecular formula is C24H29N3O2. The molecule has 0 saturated carbocycles. The first-order valence-electron chi connectivity index (χ1n) is 9.98. The number of carbonyl (C=O) groups excluding carboxylic acids is 1. The molecule has 0 radical (unpaired) electrons. The van der Waals surface area contributed by atoms with Crippen molar-refractivity contribution in [2.24, 2.45) is 5.92 Å². The van der Waals surface area contributed by atoms with Crippen molar-refractivity contribution in [3.8, 4) is 17.4 Å². The summed E-state index contributed by atoms with van der Waals surface area (Å²) in [6.45, 7) is 13.0. The van der Waals surface area contributed by atoms with Crippen LogP contribution in [0.5, 0.6) is 6.01 Å². The molecule has 2 aromatic carbocycles. The molecule has 5 nitrogen and oxygen atoms in total. The van der Waals surface area contributed by atoms with Crippen molar-refractivity contribution in [3.05, 3.63) is 65.2 Å². The quantitative estimate of drug-likeness (QED) is 0.594. The summed E-state index contributed by atoms with van der Waals surface area (Å²) < 4.78 is 7.06. The van der Waals surface area contributed by atoms with Gasteiger partial charge in [-0.25, -0.2) is 0 Å². The second-order valence-corrected chi connectivity index (χ2v) is 8.78. The maximum Gasteiger partial charge on any atom is 0.336 e. The topological polar surface area (TPSA) is 57.0 Å². The van der Waals surface area contributed by atoms with Crippen LogP contribution in [0.3, 0.4) is 0 Å². The van der Waals surface area contributed by atoms with Crippen molar-refractivity contribution < 1.29 is 9.53 Å². The number of hydrogen-bond acceptors (Lipinski definition) is 4. The van der Waals surface area contributed by atoms with Crippen molar-refractivity contribution in [2.45, 2.75) is 47.0 Å². The van der Waals surface area contributed by atoms with Crippen molar-refractivity contribution in [3.63, 3.8) is 0 Å². The molecule has 0 amide bonds. The van der Waals surface area contributed by atoms with Crippen LogP contribution in [-0.4, -0.2) is 27.3 Å². The number of rotatable bonds is 5. The average molecular weight is 392 g/mol. The molecular weight excluding hydrogens is 362 g/mol. The van der Waals surface area contributed by atoms with E-state index in [2.05, 4.69) is 56.8 Å². The van der Waals surface area contributed by atoms with E-state index in [1.54, 1.807) is 6.07 Å². The van der Waals surface area contributed by atoms with E-state index in [1.165, 1.54) is 10.2 Å². The molecule has 1 aromatic heterocycles. The number of ether oxygens (including phenoxy) is 1. The first-order chi connectivity index (χ1) is 13.7. The Hall–Kier alpha value is -2.95. The SMILES string of the molecule is Cc1ccccc1C(=O)n1nc(OCC(C)C)nc1-c1ccc(C(C)(C)C)cc1. The predicted molar refractivity (Wildman–Crippen MR) is 115 cm³/mol. The van der Waals surface area contributed by atoms with Gasteiger partial charge in [0.05, 0.1) is 6.61 Å². The maximum atomic E-state index is 13.2. The molecule has 5 heteroatoms. The standard InChI is InChI=1S/C24H29N3O2/c1-16(2)15-29-23-25-21(18-11-13-19(14-12-18)24(4,5)6)27(26-23)22(28)20-10-8-7-9-17(20)3/h7-14,16H,15H2,1-6H3. The second-order valence-electron chi connectivity index (χ2n) is 8.78. The van der Waals surface area contributed by atoms with Gasteiger partial charge in [-0.05, 0) is 35.4 Å². The summed E-state index contributed by atoms with van der Waals surface area (Å²) in [6, 6.07) is 15.8. The predicted octanol–water partition coefficient (Wildman–Crippen LogP) is 5.27. The third-order valence-corrected chi connectivity index (χ3v) is 4.71. The summed E-state index contributed by atoms with van der Waals surface area (Å²) in [7, 11) is 0. The fraction of sp³-hybridized carbons (Fsp3) is 0.375. The number of aromatic nitrogens is 3. The van der Waals surface area contributed by atoms with Crippen LogP contribution in [0.1, 0.15) is 56.1 Å². The van der Waals surface area contributed by atoms with Gasteiger partial charge in [-0.1, -0.05) is 77.1 Å². The molecule has 0 atom stereocenters. The molecule has 0 bridgehead atoms. The highest BCUT2D eigenvalue weighted by molar-refractivity contribution is 5.98. The van der Waals surface area contributed by atoms with Gasteiger partial charge in [-0.3, -0.25) is 4.79 Å². The van der Waals surface area contributed by atoms with E-state index in [0.29, 0.717) is 23.9 Å². The van der Waals surface area contributed by atoms with E-state index in [4.69, 9.17) is 4.74 Å². The monoisotopic (exact) mass is 391 g/mol. The summed E-state index contributed by atoms with van der Waals surface area (Å²) in [6.07, 6.45) is 0. The highest BCUT2D eigenvalue weighted by atomic mass is 16.5. The lowest BCUT2D eigenvalue weighted by molar-refractivity contribution is 0.0943. The Morgan fingerprint density at radius 2 is 1.72 bits per heavy atom. The van der Waals surface area contributed by atoms with E-state index in [-0.39, 0.29) is 17.3 Å². The van der Waals surface area contributed by atoms with E-state index >= 15 is 0 Å². The third-order valence-electron chi connectivity index (χ3n) is 4.71. The van der Waals surface area contributed by atoms with E-state index < -0.39 is 0 Å². The smallest absolute Gasteiger partial charge is 0.336 e. The molecule has 0 unspecified atom stereocenters. The molecule has 0 aliphatic carbocycles. The van der Waals surface area contributed by atoms with Crippen LogP contribution in [0.15, 0.2) is 48.5 Å². The van der Waals surface area contributed by atoms with Gasteiger partial charge in [0.1, 0.15) is 0 Å². The minimum atomic E-state index is -0.218. The summed E-state index contributed by atoms with van der Waals surface area (Å²) in [5.74, 6) is 0.603. The molecule has 3 aromatic rings. The fourth-order valence-electron chi connectivity index (χ4n) is 2.97. The van der Waals surface area contributed by atoms with Crippen molar-refractivity contribution in [2.75, 3.05) is 6.61 Å². The number of carbonyl (C=O) groups is 1. The van der Waals surface area contributed by atoms with Gasteiger partial charge < -0.3 is 4.74 Å². The van der Waals surface area contributed by atoms with Gasteiger partial charge in [0.2, 0.25) is 0 Å². The third kappa shape index (κ3) is 4.73. The lowest BCUT2D eigenvalue weighted by Crippen LogP contribution is -2.17. The highest BCUT2D eigenvalue weighted by Gasteiger charge is 2.22. The van der Waals surface area contributed by atoms with Gasteiger partial charge in [0.25, 0.3) is 5.91 Å². The van der Waals surface area contributed by atoms with Gasteiger partial charge in [0.15, 0.2) is 5.82 Å². The van der Waals surface area contributed by atoms with Crippen LogP contribution in [-0.2, 0) is 5.41 Å². The molecule has 1 heterocycles. The van der Waals surface area contributed by atoms with Crippen LogP contribution in [0.2, 0.25) is 0 Å². The summed E-state index contributed by atoms with van der Waals surface area (Å²) in [4.78, 5) is 17.8. The largest absolute Gasteiger partial charge is 0.462 e. The van der Waals surface area contributed by atoms with E-state index in [1.807, 2.05) is 37.3 Å². The Morgan fingerprint density at radius 3 is 2.31 bits per heavy atom. The minimum absolute atomic E-state index is 0.0503. The molecule has 0 fully saturated rings. The van der Waals surface area contributed by atoms with E-state index in [0.717, 1.165) is 11.1 Å². The molecule has 0 N–H and O–H groups in total. The Morgan fingerprint density at radius 1 is 1.07 bits per heavy atom. The molecule has 152 valence electrons. The number of aryl methyl sites for hydroxylation is 1. The van der Waals surface area contributed by atoms with Gasteiger partial charge in [-0.15, -0.1) is 5.10 Å². The van der Waals surface area contributed by atoms with Crippen LogP contribution < -0.4 is 4.74 Å². The summed E-state index contributed by atoms with van der Waals surface area (Å²) >= 11 is 0. The first kappa shape index (κ1) is 20.8. The average Bonchev–Trinajstić information content (AvgIpc) is 3.10. The van der Waals surface area contributed by atoms with Crippen molar-refractivity contribution >= 4 is 5.91 Å². The Kier molecular flexibility index (Phi) is 5.87. The normalized spacial score (nSPS) is 11.7. The van der Waals surface area contributed by atoms with Gasteiger partial charge in [0, 0.05) is 11.1 Å². The van der Waals surface area contributed by atoms with Gasteiger partial charge >= 0.3 is 6.01 Å². The first-order valence-corrected chi connectivity index (χ1v) is 9.98. The molecule has 0 spiro atoms. The van der Waals surface area contributed by atoms with Crippen molar-refractivity contribution in [1.29, 1.82) is 0 Å². The summed E-state index contributed by atoms with van der Waals surface area (Å²) in [5.41, 5.74) is 3.59. The highest BCUT2D eigenvalue weighted by Crippen LogP contribution is 2.27. The lowest BCUT2D eigenvalue weighted by Gasteiger charge is -2.19. The number of hydrogen-bond donors (Lipinski definition) is 0. The van der Waals surface area contributed by atoms with Crippen LogP contribution in [0.4, 0.5) is 0 Å². The number of nitrogens with zero attached hydrogens (tertiary/aromatic N) is 3. The van der Waals surface area contributed by atoms with Crippen LogP contribution >= 0.6 is 0 Å². The lowest BCUT2D eigenvalue weighted by atomic mass is 9.87. The minimum Gasteiger partial charge on any atom is -0.462 e. The molecule has 0 aliphatic heterocycles. The zero-order valence-corrected chi connectivity index (χ0v) is 18.1. The van der Waals surface area contributed by atoms with E-state index in [9.17, 15) is 4.79 Å². The Bertz CT molecular complexity index is 996. The zero-order valence-electron chi connectivity index (χ0n) is 18.1. The molecule has 29 heavy (non-hydrogen) atoms. The van der Waals surface area contributed by atoms with Crippen LogP contribution in [0.25, 0.3) is 11.4 Å². The molecule has 0 saturated heterocycles. The van der Waals surface area contributed by atoms with Crippen LogP contribution in [0, 0.1) is 12.8 Å². The fourth-order valence-corrected chi connectivity index (χ4v) is 2.97.